The summed E-state index contributed by atoms with van der Waals surface area (Å²) in [5, 5.41) is 0. The van der Waals surface area contributed by atoms with Gasteiger partial charge in [0.1, 0.15) is 16.5 Å². The average molecular weight is 313 g/mol. The molecule has 2 unspecified atom stereocenters. The number of halogens is 1. The number of rotatable bonds is 3. The molecule has 1 aromatic heterocycles. The summed E-state index contributed by atoms with van der Waals surface area (Å²) >= 11 is 3.43. The van der Waals surface area contributed by atoms with E-state index in [0.29, 0.717) is 17.9 Å². The third-order valence-electron chi connectivity index (χ3n) is 3.38. The van der Waals surface area contributed by atoms with Crippen LogP contribution in [0.4, 0.5) is 0 Å². The Morgan fingerprint density at radius 3 is 2.78 bits per heavy atom. The fraction of sp³-hybridized carbons (Fsp3) is 0.714. The lowest BCUT2D eigenvalue weighted by Crippen LogP contribution is -2.24. The van der Waals surface area contributed by atoms with Gasteiger partial charge in [-0.2, -0.15) is 4.98 Å². The molecular formula is C14H21BrN2O. The summed E-state index contributed by atoms with van der Waals surface area (Å²) in [7, 11) is 0. The normalized spacial score (nSPS) is 24.3. The Kier molecular flexibility index (Phi) is 4.60. The van der Waals surface area contributed by atoms with Crippen LogP contribution in [0.25, 0.3) is 0 Å². The summed E-state index contributed by atoms with van der Waals surface area (Å²) < 4.78 is 6.82. The van der Waals surface area contributed by atoms with Gasteiger partial charge in [0.05, 0.1) is 0 Å². The van der Waals surface area contributed by atoms with Gasteiger partial charge in [0.25, 0.3) is 0 Å². The highest BCUT2D eigenvalue weighted by atomic mass is 79.9. The van der Waals surface area contributed by atoms with Crippen molar-refractivity contribution in [2.75, 3.05) is 0 Å². The van der Waals surface area contributed by atoms with Gasteiger partial charge in [0.2, 0.25) is 5.88 Å². The summed E-state index contributed by atoms with van der Waals surface area (Å²) in [6.45, 7) is 6.48. The van der Waals surface area contributed by atoms with Crippen molar-refractivity contribution < 1.29 is 4.74 Å². The van der Waals surface area contributed by atoms with Gasteiger partial charge in [0.15, 0.2) is 0 Å². The van der Waals surface area contributed by atoms with Crippen LogP contribution in [0.15, 0.2) is 10.7 Å². The second-order valence-electron chi connectivity index (χ2n) is 5.55. The zero-order chi connectivity index (χ0) is 13.1. The molecule has 1 heterocycles. The van der Waals surface area contributed by atoms with Crippen molar-refractivity contribution in [3.05, 3.63) is 16.5 Å². The lowest BCUT2D eigenvalue weighted by Gasteiger charge is -2.27. The molecule has 0 N–H and O–H groups in total. The largest absolute Gasteiger partial charge is 0.474 e. The van der Waals surface area contributed by atoms with Crippen molar-refractivity contribution in [3.8, 4) is 5.88 Å². The first-order chi connectivity index (χ1) is 8.54. The van der Waals surface area contributed by atoms with Crippen LogP contribution < -0.4 is 4.74 Å². The van der Waals surface area contributed by atoms with E-state index in [4.69, 9.17) is 4.74 Å². The molecule has 0 bridgehead atoms. The predicted molar refractivity (Wildman–Crippen MR) is 75.9 cm³/mol. The maximum Gasteiger partial charge on any atom is 0.218 e. The third-order valence-corrected chi connectivity index (χ3v) is 3.79. The second-order valence-corrected chi connectivity index (χ2v) is 6.37. The van der Waals surface area contributed by atoms with Gasteiger partial charge in [-0.1, -0.05) is 27.2 Å². The van der Waals surface area contributed by atoms with Gasteiger partial charge in [-0.25, -0.2) is 4.98 Å². The van der Waals surface area contributed by atoms with Crippen molar-refractivity contribution in [3.63, 3.8) is 0 Å². The monoisotopic (exact) mass is 312 g/mol. The first-order valence-electron chi connectivity index (χ1n) is 6.75. The van der Waals surface area contributed by atoms with Crippen LogP contribution in [0.5, 0.6) is 5.88 Å². The highest BCUT2D eigenvalue weighted by Crippen LogP contribution is 2.28. The van der Waals surface area contributed by atoms with Gasteiger partial charge >= 0.3 is 0 Å². The smallest absolute Gasteiger partial charge is 0.218 e. The first kappa shape index (κ1) is 13.8. The SMILES string of the molecule is CC1CCCC(Oc2cc(Br)nc(C(C)C)n2)C1. The lowest BCUT2D eigenvalue weighted by molar-refractivity contribution is 0.123. The summed E-state index contributed by atoms with van der Waals surface area (Å²) in [5.74, 6) is 2.62. The van der Waals surface area contributed by atoms with E-state index in [1.807, 2.05) is 6.07 Å². The molecule has 0 spiro atoms. The zero-order valence-corrected chi connectivity index (χ0v) is 12.9. The van der Waals surface area contributed by atoms with Crippen LogP contribution >= 0.6 is 15.9 Å². The molecule has 3 nitrogen and oxygen atoms in total. The van der Waals surface area contributed by atoms with Crippen LogP contribution in [-0.4, -0.2) is 16.1 Å². The Bertz CT molecular complexity index is 409. The summed E-state index contributed by atoms with van der Waals surface area (Å²) in [5.41, 5.74) is 0. The maximum atomic E-state index is 6.02. The van der Waals surface area contributed by atoms with Gasteiger partial charge in [0, 0.05) is 12.0 Å². The molecule has 0 amide bonds. The molecule has 2 rings (SSSR count). The molecule has 1 aromatic rings. The molecule has 100 valence electrons. The van der Waals surface area contributed by atoms with Crippen molar-refractivity contribution >= 4 is 15.9 Å². The standard InChI is InChI=1S/C14H21BrN2O/c1-9(2)14-16-12(15)8-13(17-14)18-11-6-4-5-10(3)7-11/h8-11H,4-7H2,1-3H3. The number of nitrogens with zero attached hydrogens (tertiary/aromatic N) is 2. The van der Waals surface area contributed by atoms with Crippen molar-refractivity contribution in [1.29, 1.82) is 0 Å². The van der Waals surface area contributed by atoms with Gasteiger partial charge in [-0.15, -0.1) is 0 Å². The van der Waals surface area contributed by atoms with Crippen LogP contribution in [0.1, 0.15) is 58.2 Å². The van der Waals surface area contributed by atoms with E-state index in [9.17, 15) is 0 Å². The summed E-state index contributed by atoms with van der Waals surface area (Å²) in [6.07, 6.45) is 5.18. The quantitative estimate of drug-likeness (QED) is 0.780. The fourth-order valence-electron chi connectivity index (χ4n) is 2.39. The van der Waals surface area contributed by atoms with E-state index in [1.165, 1.54) is 12.8 Å². The van der Waals surface area contributed by atoms with Crippen LogP contribution in [0.2, 0.25) is 0 Å². The highest BCUT2D eigenvalue weighted by Gasteiger charge is 2.21. The van der Waals surface area contributed by atoms with Crippen molar-refractivity contribution in [2.24, 2.45) is 5.92 Å². The molecule has 1 aliphatic carbocycles. The van der Waals surface area contributed by atoms with Crippen LogP contribution in [0.3, 0.4) is 0 Å². The number of hydrogen-bond donors (Lipinski definition) is 0. The number of ether oxygens (including phenoxy) is 1. The molecule has 1 aliphatic rings. The first-order valence-corrected chi connectivity index (χ1v) is 7.55. The Balaban J connectivity index is 2.08. The minimum Gasteiger partial charge on any atom is -0.474 e. The third kappa shape index (κ3) is 3.67. The van der Waals surface area contributed by atoms with E-state index in [2.05, 4.69) is 46.7 Å². The molecular weight excluding hydrogens is 292 g/mol. The molecule has 4 heteroatoms. The maximum absolute atomic E-state index is 6.02. The van der Waals surface area contributed by atoms with Gasteiger partial charge in [-0.3, -0.25) is 0 Å². The molecule has 1 fully saturated rings. The molecule has 1 saturated carbocycles. The minimum absolute atomic E-state index is 0.315. The summed E-state index contributed by atoms with van der Waals surface area (Å²) in [6, 6.07) is 1.87. The molecule has 2 atom stereocenters. The number of aromatic nitrogens is 2. The average Bonchev–Trinajstić information content (AvgIpc) is 2.28. The van der Waals surface area contributed by atoms with Crippen LogP contribution in [-0.2, 0) is 0 Å². The predicted octanol–water partition coefficient (Wildman–Crippen LogP) is 4.32. The van der Waals surface area contributed by atoms with Crippen molar-refractivity contribution in [2.45, 2.75) is 58.5 Å². The van der Waals surface area contributed by atoms with Crippen LogP contribution in [0, 0.1) is 5.92 Å². The highest BCUT2D eigenvalue weighted by molar-refractivity contribution is 9.10. The van der Waals surface area contributed by atoms with Crippen molar-refractivity contribution in [1.82, 2.24) is 9.97 Å². The van der Waals surface area contributed by atoms with E-state index in [1.54, 1.807) is 0 Å². The molecule has 0 radical (unpaired) electrons. The van der Waals surface area contributed by atoms with E-state index in [-0.39, 0.29) is 0 Å². The van der Waals surface area contributed by atoms with Gasteiger partial charge < -0.3 is 4.74 Å². The zero-order valence-electron chi connectivity index (χ0n) is 11.3. The summed E-state index contributed by atoms with van der Waals surface area (Å²) in [4.78, 5) is 8.86. The Hall–Kier alpha value is -0.640. The molecule has 18 heavy (non-hydrogen) atoms. The Morgan fingerprint density at radius 2 is 2.11 bits per heavy atom. The Morgan fingerprint density at radius 1 is 1.33 bits per heavy atom. The van der Waals surface area contributed by atoms with E-state index < -0.39 is 0 Å². The fourth-order valence-corrected chi connectivity index (χ4v) is 2.77. The number of hydrogen-bond acceptors (Lipinski definition) is 3. The molecule has 0 aliphatic heterocycles. The van der Waals surface area contributed by atoms with E-state index in [0.717, 1.165) is 29.2 Å². The second kappa shape index (κ2) is 6.00. The molecule has 0 saturated heterocycles. The lowest BCUT2D eigenvalue weighted by atomic mass is 9.89. The van der Waals surface area contributed by atoms with E-state index >= 15 is 0 Å². The van der Waals surface area contributed by atoms with Gasteiger partial charge in [-0.05, 0) is 41.1 Å². The molecule has 0 aromatic carbocycles. The Labute approximate surface area is 117 Å². The topological polar surface area (TPSA) is 35.0 Å². The minimum atomic E-state index is 0.315.